The summed E-state index contributed by atoms with van der Waals surface area (Å²) in [6, 6.07) is 2.56. The highest BCUT2D eigenvalue weighted by Gasteiger charge is 2.23. The van der Waals surface area contributed by atoms with Crippen LogP contribution in [0.5, 0.6) is 0 Å². The van der Waals surface area contributed by atoms with E-state index in [9.17, 15) is 12.8 Å². The zero-order valence-corrected chi connectivity index (χ0v) is 13.7. The van der Waals surface area contributed by atoms with Gasteiger partial charge in [-0.3, -0.25) is 0 Å². The van der Waals surface area contributed by atoms with Gasteiger partial charge < -0.3 is 10.5 Å². The summed E-state index contributed by atoms with van der Waals surface area (Å²) in [4.78, 5) is 0.00847. The van der Waals surface area contributed by atoms with Crippen molar-refractivity contribution in [2.75, 3.05) is 13.2 Å². The Kier molecular flexibility index (Phi) is 5.86. The minimum atomic E-state index is -3.74. The van der Waals surface area contributed by atoms with Crippen molar-refractivity contribution in [3.05, 3.63) is 29.1 Å². The van der Waals surface area contributed by atoms with Gasteiger partial charge in [0.1, 0.15) is 5.82 Å². The van der Waals surface area contributed by atoms with E-state index in [4.69, 9.17) is 10.5 Å². The molecule has 0 amide bonds. The Bertz CT molecular complexity index is 600. The van der Waals surface area contributed by atoms with Crippen LogP contribution in [0.1, 0.15) is 31.9 Å². The van der Waals surface area contributed by atoms with E-state index in [-0.39, 0.29) is 29.1 Å². The van der Waals surface area contributed by atoms with Gasteiger partial charge in [0, 0.05) is 25.3 Å². The number of sulfonamides is 1. The molecule has 0 atom stereocenters. The lowest BCUT2D eigenvalue weighted by molar-refractivity contribution is -0.00515. The van der Waals surface area contributed by atoms with Gasteiger partial charge in [-0.2, -0.15) is 0 Å². The highest BCUT2D eigenvalue weighted by molar-refractivity contribution is 7.89. The molecule has 3 N–H and O–H groups in total. The first-order valence-corrected chi connectivity index (χ1v) is 8.24. The molecule has 120 valence electrons. The number of ether oxygens (including phenoxy) is 1. The Labute approximate surface area is 125 Å². The summed E-state index contributed by atoms with van der Waals surface area (Å²) >= 11 is 0. The second-order valence-corrected chi connectivity index (χ2v) is 7.20. The summed E-state index contributed by atoms with van der Waals surface area (Å²) in [5.41, 5.74) is 5.25. The van der Waals surface area contributed by atoms with E-state index in [1.165, 1.54) is 19.1 Å². The summed E-state index contributed by atoms with van der Waals surface area (Å²) in [5, 5.41) is 0. The molecule has 7 heteroatoms. The van der Waals surface area contributed by atoms with Gasteiger partial charge in [-0.15, -0.1) is 0 Å². The molecule has 0 aliphatic carbocycles. The fourth-order valence-electron chi connectivity index (χ4n) is 1.90. The van der Waals surface area contributed by atoms with Crippen molar-refractivity contribution < 1.29 is 17.5 Å². The average molecular weight is 318 g/mol. The van der Waals surface area contributed by atoms with Crippen LogP contribution >= 0.6 is 0 Å². The maximum Gasteiger partial charge on any atom is 0.240 e. The Morgan fingerprint density at radius 3 is 2.52 bits per heavy atom. The molecule has 0 saturated heterocycles. The molecule has 0 radical (unpaired) electrons. The molecule has 0 aliphatic rings. The predicted octanol–water partition coefficient (Wildman–Crippen LogP) is 1.69. The summed E-state index contributed by atoms with van der Waals surface area (Å²) in [6.07, 6.45) is 0. The summed E-state index contributed by atoms with van der Waals surface area (Å²) in [6.45, 7) is 7.49. The SMILES string of the molecule is CCOC(C)(C)CNS(=O)(=O)c1cc(C)c(F)c(CN)c1. The molecule has 0 aliphatic heterocycles. The van der Waals surface area contributed by atoms with Gasteiger partial charge >= 0.3 is 0 Å². The highest BCUT2D eigenvalue weighted by atomic mass is 32.2. The van der Waals surface area contributed by atoms with Crippen LogP contribution in [0.2, 0.25) is 0 Å². The number of nitrogens with one attached hydrogen (secondary N) is 1. The van der Waals surface area contributed by atoms with Crippen molar-refractivity contribution >= 4 is 10.0 Å². The van der Waals surface area contributed by atoms with Crippen LogP contribution in [-0.4, -0.2) is 27.2 Å². The molecule has 1 rings (SSSR count). The highest BCUT2D eigenvalue weighted by Crippen LogP contribution is 2.19. The third-order valence-corrected chi connectivity index (χ3v) is 4.44. The normalized spacial score (nSPS) is 12.7. The molecule has 0 spiro atoms. The molecular weight excluding hydrogens is 295 g/mol. The van der Waals surface area contributed by atoms with Gasteiger partial charge in [0.15, 0.2) is 0 Å². The van der Waals surface area contributed by atoms with E-state index in [0.717, 1.165) is 0 Å². The largest absolute Gasteiger partial charge is 0.375 e. The third kappa shape index (κ3) is 4.74. The van der Waals surface area contributed by atoms with Crippen LogP contribution in [-0.2, 0) is 21.3 Å². The maximum absolute atomic E-state index is 13.7. The third-order valence-electron chi connectivity index (χ3n) is 3.06. The molecule has 0 unspecified atom stereocenters. The molecule has 1 aromatic rings. The Hall–Kier alpha value is -1.02. The monoisotopic (exact) mass is 318 g/mol. The number of hydrogen-bond acceptors (Lipinski definition) is 4. The van der Waals surface area contributed by atoms with Crippen molar-refractivity contribution in [1.82, 2.24) is 4.72 Å². The number of halogens is 1. The van der Waals surface area contributed by atoms with Crippen molar-refractivity contribution in [1.29, 1.82) is 0 Å². The smallest absolute Gasteiger partial charge is 0.240 e. The Balaban J connectivity index is 3.01. The van der Waals surface area contributed by atoms with E-state index in [1.54, 1.807) is 13.8 Å². The molecule has 0 bridgehead atoms. The second-order valence-electron chi connectivity index (χ2n) is 5.43. The molecule has 21 heavy (non-hydrogen) atoms. The van der Waals surface area contributed by atoms with Gasteiger partial charge in [0.2, 0.25) is 10.0 Å². The number of aryl methyl sites for hydroxylation is 1. The van der Waals surface area contributed by atoms with Gasteiger partial charge in [-0.05, 0) is 45.4 Å². The number of nitrogens with two attached hydrogens (primary N) is 1. The lowest BCUT2D eigenvalue weighted by atomic mass is 10.1. The lowest BCUT2D eigenvalue weighted by Crippen LogP contribution is -2.40. The first-order valence-electron chi connectivity index (χ1n) is 6.75. The van der Waals surface area contributed by atoms with Crippen LogP contribution in [0.4, 0.5) is 4.39 Å². The number of hydrogen-bond donors (Lipinski definition) is 2. The van der Waals surface area contributed by atoms with Crippen LogP contribution in [0.15, 0.2) is 17.0 Å². The van der Waals surface area contributed by atoms with Crippen molar-refractivity contribution in [2.24, 2.45) is 5.73 Å². The van der Waals surface area contributed by atoms with E-state index in [1.807, 2.05) is 6.92 Å². The lowest BCUT2D eigenvalue weighted by Gasteiger charge is -2.25. The maximum atomic E-state index is 13.7. The quantitative estimate of drug-likeness (QED) is 0.801. The van der Waals surface area contributed by atoms with E-state index in [0.29, 0.717) is 6.61 Å². The van der Waals surface area contributed by atoms with Crippen LogP contribution in [0.3, 0.4) is 0 Å². The first kappa shape index (κ1) is 18.0. The Morgan fingerprint density at radius 2 is 2.00 bits per heavy atom. The van der Waals surface area contributed by atoms with Crippen molar-refractivity contribution in [3.8, 4) is 0 Å². The van der Waals surface area contributed by atoms with Crippen LogP contribution < -0.4 is 10.5 Å². The fraction of sp³-hybridized carbons (Fsp3) is 0.571. The fourth-order valence-corrected chi connectivity index (χ4v) is 3.24. The minimum absolute atomic E-state index is 0.00847. The van der Waals surface area contributed by atoms with Crippen LogP contribution in [0.25, 0.3) is 0 Å². The van der Waals surface area contributed by atoms with Crippen molar-refractivity contribution in [2.45, 2.75) is 44.7 Å². The minimum Gasteiger partial charge on any atom is -0.375 e. The van der Waals surface area contributed by atoms with Gasteiger partial charge in [-0.1, -0.05) is 0 Å². The van der Waals surface area contributed by atoms with Crippen molar-refractivity contribution in [3.63, 3.8) is 0 Å². The molecule has 0 saturated carbocycles. The second kappa shape index (κ2) is 6.83. The molecule has 1 aromatic carbocycles. The first-order chi connectivity index (χ1) is 9.63. The predicted molar refractivity (Wildman–Crippen MR) is 79.9 cm³/mol. The van der Waals surface area contributed by atoms with Crippen LogP contribution in [0, 0.1) is 12.7 Å². The molecular formula is C14H23FN2O3S. The Morgan fingerprint density at radius 1 is 1.38 bits per heavy atom. The number of benzene rings is 1. The van der Waals surface area contributed by atoms with Gasteiger partial charge in [-0.25, -0.2) is 17.5 Å². The van der Waals surface area contributed by atoms with Gasteiger partial charge in [0.05, 0.1) is 10.5 Å². The summed E-state index contributed by atoms with van der Waals surface area (Å²) in [5.74, 6) is -0.467. The van der Waals surface area contributed by atoms with E-state index >= 15 is 0 Å². The van der Waals surface area contributed by atoms with Gasteiger partial charge in [0.25, 0.3) is 0 Å². The summed E-state index contributed by atoms with van der Waals surface area (Å²) < 4.78 is 46.2. The molecule has 0 heterocycles. The molecule has 5 nitrogen and oxygen atoms in total. The molecule has 0 aromatic heterocycles. The number of rotatable bonds is 7. The average Bonchev–Trinajstić information content (AvgIpc) is 2.39. The zero-order chi connectivity index (χ0) is 16.3. The standard InChI is InChI=1S/C14H23FN2O3S/c1-5-20-14(3,4)9-17-21(18,19)12-6-10(2)13(15)11(7-12)8-16/h6-7,17H,5,8-9,16H2,1-4H3. The zero-order valence-electron chi connectivity index (χ0n) is 12.9. The topological polar surface area (TPSA) is 81.4 Å². The van der Waals surface area contributed by atoms with E-state index < -0.39 is 21.4 Å². The molecule has 0 fully saturated rings. The summed E-state index contributed by atoms with van der Waals surface area (Å²) in [7, 11) is -3.74. The van der Waals surface area contributed by atoms with E-state index in [2.05, 4.69) is 4.72 Å².